The zero-order valence-electron chi connectivity index (χ0n) is 21.8. The molecular formula is C31H26ClN3O5. The predicted octanol–water partition coefficient (Wildman–Crippen LogP) is 6.28. The summed E-state index contributed by atoms with van der Waals surface area (Å²) in [4.78, 5) is 37.4. The first-order valence-electron chi connectivity index (χ1n) is 12.4. The van der Waals surface area contributed by atoms with Crippen molar-refractivity contribution in [1.82, 2.24) is 5.43 Å². The fourth-order valence-corrected chi connectivity index (χ4v) is 3.67. The number of nitrogens with one attached hydrogen (secondary N) is 2. The van der Waals surface area contributed by atoms with E-state index in [0.717, 1.165) is 5.56 Å². The number of hydrazone groups is 1. The molecule has 9 heteroatoms. The van der Waals surface area contributed by atoms with Gasteiger partial charge < -0.3 is 14.8 Å². The monoisotopic (exact) mass is 555 g/mol. The molecule has 0 aliphatic heterocycles. The van der Waals surface area contributed by atoms with Gasteiger partial charge in [0.1, 0.15) is 0 Å². The van der Waals surface area contributed by atoms with Gasteiger partial charge in [0.2, 0.25) is 0 Å². The van der Waals surface area contributed by atoms with Crippen molar-refractivity contribution in [3.63, 3.8) is 0 Å². The van der Waals surface area contributed by atoms with Gasteiger partial charge >= 0.3 is 5.97 Å². The molecular weight excluding hydrogens is 530 g/mol. The van der Waals surface area contributed by atoms with E-state index < -0.39 is 11.9 Å². The molecule has 2 amide bonds. The van der Waals surface area contributed by atoms with E-state index in [0.29, 0.717) is 45.3 Å². The predicted molar refractivity (Wildman–Crippen MR) is 155 cm³/mol. The van der Waals surface area contributed by atoms with Crippen molar-refractivity contribution in [2.45, 2.75) is 13.8 Å². The molecule has 40 heavy (non-hydrogen) atoms. The van der Waals surface area contributed by atoms with Gasteiger partial charge in [-0.25, -0.2) is 10.2 Å². The standard InChI is InChI=1S/C31H26ClN3O5/c1-3-39-28-18-21(6-17-27(28)40-31(38)24-7-4-20(2)5-8-24)19-33-35-30(37)23-11-15-26(16-12-23)34-29(36)22-9-13-25(32)14-10-22/h4-19H,3H2,1-2H3,(H,34,36)(H,35,37)/b33-19-. The maximum absolute atomic E-state index is 12.5. The number of halogens is 1. The summed E-state index contributed by atoms with van der Waals surface area (Å²) in [5, 5.41) is 7.32. The second kappa shape index (κ2) is 13.2. The molecule has 0 saturated heterocycles. The lowest BCUT2D eigenvalue weighted by Gasteiger charge is -2.11. The molecule has 0 unspecified atom stereocenters. The molecule has 0 aliphatic carbocycles. The van der Waals surface area contributed by atoms with Crippen molar-refractivity contribution in [1.29, 1.82) is 0 Å². The summed E-state index contributed by atoms with van der Waals surface area (Å²) >= 11 is 5.86. The fraction of sp³-hybridized carbons (Fsp3) is 0.0968. The van der Waals surface area contributed by atoms with Crippen LogP contribution in [0.25, 0.3) is 0 Å². The lowest BCUT2D eigenvalue weighted by molar-refractivity contribution is 0.0728. The van der Waals surface area contributed by atoms with Crippen LogP contribution in [0.5, 0.6) is 11.5 Å². The van der Waals surface area contributed by atoms with E-state index in [9.17, 15) is 14.4 Å². The molecule has 0 radical (unpaired) electrons. The van der Waals surface area contributed by atoms with Gasteiger partial charge in [0, 0.05) is 21.8 Å². The number of carbonyl (C=O) groups is 3. The van der Waals surface area contributed by atoms with E-state index in [1.165, 1.54) is 6.21 Å². The van der Waals surface area contributed by atoms with Crippen LogP contribution in [0.4, 0.5) is 5.69 Å². The molecule has 0 atom stereocenters. The molecule has 4 aromatic rings. The summed E-state index contributed by atoms with van der Waals surface area (Å²) in [7, 11) is 0. The van der Waals surface area contributed by atoms with Crippen LogP contribution in [-0.4, -0.2) is 30.6 Å². The van der Waals surface area contributed by atoms with Crippen molar-refractivity contribution >= 4 is 41.3 Å². The molecule has 4 rings (SSSR count). The number of carbonyl (C=O) groups excluding carboxylic acids is 3. The first kappa shape index (κ1) is 28.1. The van der Waals surface area contributed by atoms with Crippen molar-refractivity contribution in [3.05, 3.63) is 124 Å². The normalized spacial score (nSPS) is 10.7. The van der Waals surface area contributed by atoms with Crippen LogP contribution < -0.4 is 20.2 Å². The molecule has 0 saturated carbocycles. The van der Waals surface area contributed by atoms with Gasteiger partial charge in [0.25, 0.3) is 11.8 Å². The zero-order chi connectivity index (χ0) is 28.5. The van der Waals surface area contributed by atoms with Gasteiger partial charge in [-0.15, -0.1) is 0 Å². The second-order valence-corrected chi connectivity index (χ2v) is 9.07. The van der Waals surface area contributed by atoms with Crippen molar-refractivity contribution in [2.24, 2.45) is 5.10 Å². The third kappa shape index (κ3) is 7.55. The molecule has 0 spiro atoms. The quantitative estimate of drug-likeness (QED) is 0.109. The lowest BCUT2D eigenvalue weighted by Crippen LogP contribution is -2.18. The summed E-state index contributed by atoms with van der Waals surface area (Å²) in [6.07, 6.45) is 1.45. The van der Waals surface area contributed by atoms with Crippen molar-refractivity contribution in [3.8, 4) is 11.5 Å². The van der Waals surface area contributed by atoms with Gasteiger partial charge in [0.15, 0.2) is 11.5 Å². The Hall–Kier alpha value is -4.95. The van der Waals surface area contributed by atoms with E-state index in [-0.39, 0.29) is 11.7 Å². The van der Waals surface area contributed by atoms with Crippen molar-refractivity contribution < 1.29 is 23.9 Å². The molecule has 8 nitrogen and oxygen atoms in total. The fourth-order valence-electron chi connectivity index (χ4n) is 3.55. The first-order chi connectivity index (χ1) is 19.3. The van der Waals surface area contributed by atoms with Crippen LogP contribution >= 0.6 is 11.6 Å². The highest BCUT2D eigenvalue weighted by molar-refractivity contribution is 6.30. The van der Waals surface area contributed by atoms with Crippen LogP contribution in [0, 0.1) is 6.92 Å². The summed E-state index contributed by atoms with van der Waals surface area (Å²) < 4.78 is 11.2. The number of rotatable bonds is 9. The number of benzene rings is 4. The van der Waals surface area contributed by atoms with E-state index in [4.69, 9.17) is 21.1 Å². The molecule has 4 aromatic carbocycles. The van der Waals surface area contributed by atoms with Crippen LogP contribution in [0.1, 0.15) is 49.1 Å². The Labute approximate surface area is 236 Å². The van der Waals surface area contributed by atoms with Gasteiger partial charge in [-0.3, -0.25) is 9.59 Å². The molecule has 0 bridgehead atoms. The highest BCUT2D eigenvalue weighted by Crippen LogP contribution is 2.29. The smallest absolute Gasteiger partial charge is 0.343 e. The second-order valence-electron chi connectivity index (χ2n) is 8.63. The highest BCUT2D eigenvalue weighted by Gasteiger charge is 2.13. The van der Waals surface area contributed by atoms with Crippen LogP contribution in [0.3, 0.4) is 0 Å². The van der Waals surface area contributed by atoms with Gasteiger partial charge in [-0.1, -0.05) is 29.3 Å². The van der Waals surface area contributed by atoms with E-state index in [1.807, 2.05) is 26.0 Å². The number of hydrogen-bond acceptors (Lipinski definition) is 6. The minimum atomic E-state index is -0.495. The summed E-state index contributed by atoms with van der Waals surface area (Å²) in [6.45, 7) is 4.12. The number of ether oxygens (including phenoxy) is 2. The average Bonchev–Trinajstić information content (AvgIpc) is 2.95. The Morgan fingerprint density at radius 1 is 0.800 bits per heavy atom. The third-order valence-electron chi connectivity index (χ3n) is 5.65. The van der Waals surface area contributed by atoms with E-state index >= 15 is 0 Å². The van der Waals surface area contributed by atoms with Crippen molar-refractivity contribution in [2.75, 3.05) is 11.9 Å². The molecule has 202 valence electrons. The first-order valence-corrected chi connectivity index (χ1v) is 12.8. The molecule has 0 aromatic heterocycles. The minimum Gasteiger partial charge on any atom is -0.490 e. The Balaban J connectivity index is 1.35. The van der Waals surface area contributed by atoms with Gasteiger partial charge in [0.05, 0.1) is 18.4 Å². The Morgan fingerprint density at radius 3 is 2.10 bits per heavy atom. The number of nitrogens with zero attached hydrogens (tertiary/aromatic N) is 1. The Bertz CT molecular complexity index is 1530. The number of esters is 1. The largest absolute Gasteiger partial charge is 0.490 e. The topological polar surface area (TPSA) is 106 Å². The number of anilines is 1. The maximum Gasteiger partial charge on any atom is 0.343 e. The summed E-state index contributed by atoms with van der Waals surface area (Å²) in [5.74, 6) is -0.571. The average molecular weight is 556 g/mol. The molecule has 0 fully saturated rings. The zero-order valence-corrected chi connectivity index (χ0v) is 22.6. The Morgan fingerprint density at radius 2 is 1.43 bits per heavy atom. The van der Waals surface area contributed by atoms with E-state index in [1.54, 1.807) is 78.9 Å². The molecule has 0 aliphatic rings. The number of amides is 2. The number of hydrogen-bond donors (Lipinski definition) is 2. The SMILES string of the molecule is CCOc1cc(/C=N\NC(=O)c2ccc(NC(=O)c3ccc(Cl)cc3)cc2)ccc1OC(=O)c1ccc(C)cc1. The summed E-state index contributed by atoms with van der Waals surface area (Å²) in [5.41, 5.74) is 5.91. The third-order valence-corrected chi connectivity index (χ3v) is 5.90. The van der Waals surface area contributed by atoms with Crippen LogP contribution in [0.15, 0.2) is 96.1 Å². The minimum absolute atomic E-state index is 0.275. The summed E-state index contributed by atoms with van der Waals surface area (Å²) in [6, 6.07) is 25.0. The van der Waals surface area contributed by atoms with Gasteiger partial charge in [-0.05, 0) is 98.3 Å². The molecule has 2 N–H and O–H groups in total. The maximum atomic E-state index is 12.5. The number of aryl methyl sites for hydroxylation is 1. The molecule has 0 heterocycles. The highest BCUT2D eigenvalue weighted by atomic mass is 35.5. The van der Waals surface area contributed by atoms with Crippen LogP contribution in [-0.2, 0) is 0 Å². The van der Waals surface area contributed by atoms with E-state index in [2.05, 4.69) is 15.8 Å². The lowest BCUT2D eigenvalue weighted by atomic mass is 10.1. The van der Waals surface area contributed by atoms with Crippen LogP contribution in [0.2, 0.25) is 5.02 Å². The Kier molecular flexibility index (Phi) is 9.27. The van der Waals surface area contributed by atoms with Gasteiger partial charge in [-0.2, -0.15) is 5.10 Å².